The minimum Gasteiger partial charge on any atom is -0.508 e. The fourth-order valence-corrected chi connectivity index (χ4v) is 5.41. The topological polar surface area (TPSA) is 69.6 Å². The van der Waals surface area contributed by atoms with Crippen LogP contribution in [0.1, 0.15) is 11.1 Å². The highest BCUT2D eigenvalue weighted by atomic mass is 79.9. The van der Waals surface area contributed by atoms with Gasteiger partial charge in [-0.2, -0.15) is 0 Å². The largest absolute Gasteiger partial charge is 0.508 e. The third kappa shape index (κ3) is 2.85. The number of rotatable bonds is 2. The molecule has 5 rings (SSSR count). The quantitative estimate of drug-likeness (QED) is 0.503. The molecule has 30 heavy (non-hydrogen) atoms. The molecule has 3 aromatic carbocycles. The van der Waals surface area contributed by atoms with Crippen LogP contribution in [0.25, 0.3) is 6.08 Å². The maximum Gasteiger partial charge on any atom is 0.266 e. The van der Waals surface area contributed by atoms with Gasteiger partial charge >= 0.3 is 0 Å². The summed E-state index contributed by atoms with van der Waals surface area (Å²) < 4.78 is 0.946. The summed E-state index contributed by atoms with van der Waals surface area (Å²) in [4.78, 5) is 27.6. The molecule has 0 radical (unpaired) electrons. The van der Waals surface area contributed by atoms with Crippen LogP contribution in [0, 0.1) is 0 Å². The molecule has 1 fully saturated rings. The molecule has 1 atom stereocenters. The second-order valence-corrected chi connectivity index (χ2v) is 9.11. The van der Waals surface area contributed by atoms with Crippen molar-refractivity contribution < 1.29 is 14.7 Å². The number of carbonyl (C=O) groups excluding carboxylic acids is 2. The van der Waals surface area contributed by atoms with Crippen LogP contribution >= 0.6 is 27.7 Å². The van der Waals surface area contributed by atoms with E-state index in [9.17, 15) is 14.7 Å². The van der Waals surface area contributed by atoms with Crippen LogP contribution in [0.5, 0.6) is 5.75 Å². The molecule has 2 aliphatic heterocycles. The molecule has 2 aliphatic rings. The zero-order chi connectivity index (χ0) is 20.9. The maximum atomic E-state index is 13.6. The van der Waals surface area contributed by atoms with Crippen LogP contribution in [-0.2, 0) is 14.5 Å². The third-order valence-electron chi connectivity index (χ3n) is 5.11. The van der Waals surface area contributed by atoms with Gasteiger partial charge in [0.25, 0.3) is 11.8 Å². The molecule has 7 heteroatoms. The third-order valence-corrected chi connectivity index (χ3v) is 7.03. The van der Waals surface area contributed by atoms with E-state index >= 15 is 0 Å². The Kier molecular flexibility index (Phi) is 4.45. The van der Waals surface area contributed by atoms with Crippen molar-refractivity contribution in [2.75, 3.05) is 10.2 Å². The number of thioether (sulfide) groups is 1. The Morgan fingerprint density at radius 1 is 0.967 bits per heavy atom. The van der Waals surface area contributed by atoms with E-state index in [2.05, 4.69) is 21.2 Å². The Morgan fingerprint density at radius 3 is 2.40 bits per heavy atom. The number of benzene rings is 3. The van der Waals surface area contributed by atoms with Gasteiger partial charge in [-0.15, -0.1) is 0 Å². The molecule has 1 saturated heterocycles. The summed E-state index contributed by atoms with van der Waals surface area (Å²) in [5.41, 5.74) is 2.83. The second kappa shape index (κ2) is 7.04. The Morgan fingerprint density at radius 2 is 1.67 bits per heavy atom. The maximum absolute atomic E-state index is 13.6. The van der Waals surface area contributed by atoms with E-state index in [4.69, 9.17) is 0 Å². The molecule has 0 saturated carbocycles. The van der Waals surface area contributed by atoms with E-state index in [0.717, 1.165) is 15.6 Å². The van der Waals surface area contributed by atoms with E-state index in [-0.39, 0.29) is 17.6 Å². The average Bonchev–Trinajstić information content (AvgIpc) is 3.19. The van der Waals surface area contributed by atoms with E-state index in [1.54, 1.807) is 18.2 Å². The minimum atomic E-state index is -1.24. The number of carbonyl (C=O) groups is 2. The van der Waals surface area contributed by atoms with Crippen LogP contribution in [0.4, 0.5) is 11.4 Å². The normalized spacial score (nSPS) is 21.4. The summed E-state index contributed by atoms with van der Waals surface area (Å²) in [5, 5.41) is 12.6. The zero-order valence-corrected chi connectivity index (χ0v) is 17.9. The molecule has 0 aliphatic carbocycles. The first-order chi connectivity index (χ1) is 14.5. The fourth-order valence-electron chi connectivity index (χ4n) is 3.74. The fraction of sp³-hybridized carbons (Fsp3) is 0.0435. The first kappa shape index (κ1) is 19.0. The molecule has 148 valence electrons. The number of para-hydroxylation sites is 1. The Bertz CT molecular complexity index is 1210. The first-order valence-electron chi connectivity index (χ1n) is 9.20. The van der Waals surface area contributed by atoms with Gasteiger partial charge in [0.1, 0.15) is 5.75 Å². The number of anilines is 2. The van der Waals surface area contributed by atoms with Gasteiger partial charge in [0, 0.05) is 21.4 Å². The summed E-state index contributed by atoms with van der Waals surface area (Å²) in [5.74, 6) is -0.441. The number of nitrogens with zero attached hydrogens (tertiary/aromatic N) is 1. The van der Waals surface area contributed by atoms with Crippen molar-refractivity contribution >= 4 is 57.0 Å². The van der Waals surface area contributed by atoms with Crippen LogP contribution in [0.15, 0.2) is 82.2 Å². The number of phenolic OH excluding ortho intramolecular Hbond substituents is 1. The lowest BCUT2D eigenvalue weighted by atomic mass is 10.0. The second-order valence-electron chi connectivity index (χ2n) is 6.96. The van der Waals surface area contributed by atoms with Crippen LogP contribution < -0.4 is 10.2 Å². The lowest BCUT2D eigenvalue weighted by Gasteiger charge is -2.31. The number of aromatic hydroxyl groups is 1. The number of hydrogen-bond donors (Lipinski definition) is 2. The summed E-state index contributed by atoms with van der Waals surface area (Å²) in [6.07, 6.45) is 1.80. The average molecular weight is 479 g/mol. The number of fused-ring (bicyclic) bond motifs is 2. The summed E-state index contributed by atoms with van der Waals surface area (Å²) in [7, 11) is 0. The van der Waals surface area contributed by atoms with Gasteiger partial charge in [0.15, 0.2) is 0 Å². The molecule has 2 N–H and O–H groups in total. The van der Waals surface area contributed by atoms with Crippen LogP contribution in [-0.4, -0.2) is 16.9 Å². The van der Waals surface area contributed by atoms with Crippen molar-refractivity contribution in [3.8, 4) is 5.75 Å². The minimum absolute atomic E-state index is 0.0917. The molecule has 3 aromatic rings. The van der Waals surface area contributed by atoms with E-state index < -0.39 is 4.87 Å². The zero-order valence-electron chi connectivity index (χ0n) is 15.5. The predicted molar refractivity (Wildman–Crippen MR) is 122 cm³/mol. The summed E-state index contributed by atoms with van der Waals surface area (Å²) in [6.45, 7) is 0. The van der Waals surface area contributed by atoms with Gasteiger partial charge in [0.05, 0.1) is 4.91 Å². The van der Waals surface area contributed by atoms with Gasteiger partial charge in [-0.25, -0.2) is 0 Å². The van der Waals surface area contributed by atoms with Gasteiger partial charge in [-0.1, -0.05) is 58.0 Å². The van der Waals surface area contributed by atoms with E-state index in [1.807, 2.05) is 48.5 Å². The molecule has 5 nitrogen and oxygen atoms in total. The van der Waals surface area contributed by atoms with Crippen molar-refractivity contribution in [2.45, 2.75) is 4.87 Å². The molecule has 0 bridgehead atoms. The van der Waals surface area contributed by atoms with Crippen molar-refractivity contribution in [1.82, 2.24) is 0 Å². The predicted octanol–water partition coefficient (Wildman–Crippen LogP) is 5.08. The number of amides is 2. The SMILES string of the molecule is O=C1/C(=C/c2ccc(Br)cc2)S[C@]2(C(=O)Nc3ccccc32)N1c1ccc(O)cc1. The molecule has 2 amide bonds. The molecule has 0 unspecified atom stereocenters. The van der Waals surface area contributed by atoms with Gasteiger partial charge in [0.2, 0.25) is 4.87 Å². The first-order valence-corrected chi connectivity index (χ1v) is 10.8. The monoisotopic (exact) mass is 478 g/mol. The highest BCUT2D eigenvalue weighted by Crippen LogP contribution is 2.57. The van der Waals surface area contributed by atoms with Crippen molar-refractivity contribution in [3.05, 3.63) is 93.3 Å². The molecule has 2 heterocycles. The van der Waals surface area contributed by atoms with Gasteiger partial charge in [-0.05, 0) is 54.1 Å². The number of halogens is 1. The summed E-state index contributed by atoms with van der Waals surface area (Å²) in [6, 6.07) is 21.3. The van der Waals surface area contributed by atoms with Crippen LogP contribution in [0.3, 0.4) is 0 Å². The summed E-state index contributed by atoms with van der Waals surface area (Å²) >= 11 is 4.65. The van der Waals surface area contributed by atoms with Gasteiger partial charge < -0.3 is 10.4 Å². The molecular weight excluding hydrogens is 464 g/mol. The Hall–Kier alpha value is -3.03. The smallest absolute Gasteiger partial charge is 0.266 e. The van der Waals surface area contributed by atoms with Crippen molar-refractivity contribution in [3.63, 3.8) is 0 Å². The van der Waals surface area contributed by atoms with Crippen LogP contribution in [0.2, 0.25) is 0 Å². The molecular formula is C23H15BrN2O3S. The molecule has 0 aromatic heterocycles. The van der Waals surface area contributed by atoms with E-state index in [0.29, 0.717) is 16.3 Å². The highest BCUT2D eigenvalue weighted by molar-refractivity contribution is 9.10. The lowest BCUT2D eigenvalue weighted by Crippen LogP contribution is -2.47. The van der Waals surface area contributed by atoms with Crippen molar-refractivity contribution in [1.29, 1.82) is 0 Å². The number of phenols is 1. The van der Waals surface area contributed by atoms with E-state index in [1.165, 1.54) is 28.8 Å². The number of nitrogens with one attached hydrogen (secondary N) is 1. The van der Waals surface area contributed by atoms with Crippen molar-refractivity contribution in [2.24, 2.45) is 0 Å². The standard InChI is InChI=1S/C23H15BrN2O3S/c24-15-7-5-14(6-8-15)13-20-21(28)26(16-9-11-17(27)12-10-16)23(30-20)18-3-1-2-4-19(18)25-22(23)29/h1-13,27H,(H,25,29)/b20-13-/t23-/m1/s1. The van der Waals surface area contributed by atoms with Gasteiger partial charge in [-0.3, -0.25) is 14.5 Å². The Labute approximate surface area is 185 Å². The lowest BCUT2D eigenvalue weighted by molar-refractivity contribution is -0.121. The number of hydrogen-bond acceptors (Lipinski definition) is 4. The Balaban J connectivity index is 1.70. The molecule has 1 spiro atoms. The highest BCUT2D eigenvalue weighted by Gasteiger charge is 2.60.